The number of nitrogens with one attached hydrogen (secondary N) is 1. The topological polar surface area (TPSA) is 82.5 Å². The molecule has 1 aromatic heterocycles. The molecule has 1 heterocycles. The number of hydrogen-bond acceptors (Lipinski definition) is 4. The molecule has 0 aliphatic heterocycles. The maximum absolute atomic E-state index is 11.7. The maximum Gasteiger partial charge on any atom is 0.323 e. The van der Waals surface area contributed by atoms with Crippen molar-refractivity contribution in [3.05, 3.63) is 16.1 Å². The summed E-state index contributed by atoms with van der Waals surface area (Å²) in [5.41, 5.74) is 0. The van der Waals surface area contributed by atoms with Gasteiger partial charge in [0.25, 0.3) is 0 Å². The number of aromatic nitrogens is 1. The van der Waals surface area contributed by atoms with E-state index in [1.165, 1.54) is 7.05 Å². The number of carbonyl (C=O) groups excluding carboxylic acids is 1. The molecule has 1 aromatic rings. The van der Waals surface area contributed by atoms with Gasteiger partial charge in [-0.1, -0.05) is 6.92 Å². The van der Waals surface area contributed by atoms with Crippen molar-refractivity contribution in [2.45, 2.75) is 26.3 Å². The van der Waals surface area contributed by atoms with Crippen LogP contribution >= 0.6 is 11.3 Å². The first-order valence-electron chi connectivity index (χ1n) is 5.62. The molecule has 0 spiro atoms. The van der Waals surface area contributed by atoms with Gasteiger partial charge in [0.05, 0.1) is 6.04 Å². The number of carboxylic acids is 1. The molecule has 0 aliphatic carbocycles. The Morgan fingerprint density at radius 2 is 2.28 bits per heavy atom. The van der Waals surface area contributed by atoms with E-state index in [0.29, 0.717) is 0 Å². The fraction of sp³-hybridized carbons (Fsp3) is 0.545. The molecule has 1 rings (SSSR count). The van der Waals surface area contributed by atoms with Gasteiger partial charge in [-0.3, -0.25) is 4.79 Å². The van der Waals surface area contributed by atoms with Crippen LogP contribution in [-0.2, 0) is 11.2 Å². The Morgan fingerprint density at radius 3 is 2.78 bits per heavy atom. The van der Waals surface area contributed by atoms with Crippen molar-refractivity contribution in [2.24, 2.45) is 0 Å². The lowest BCUT2D eigenvalue weighted by atomic mass is 10.3. The normalized spacial score (nSPS) is 11.9. The lowest BCUT2D eigenvalue weighted by Gasteiger charge is -2.18. The third kappa shape index (κ3) is 3.99. The lowest BCUT2D eigenvalue weighted by Crippen LogP contribution is -2.41. The maximum atomic E-state index is 11.7. The van der Waals surface area contributed by atoms with Gasteiger partial charge in [0.1, 0.15) is 11.6 Å². The van der Waals surface area contributed by atoms with Crippen LogP contribution in [0.3, 0.4) is 0 Å². The van der Waals surface area contributed by atoms with Gasteiger partial charge in [-0.05, 0) is 13.3 Å². The average molecular weight is 271 g/mol. The minimum absolute atomic E-state index is 0.223. The Bertz CT molecular complexity index is 433. The molecule has 18 heavy (non-hydrogen) atoms. The number of amides is 2. The number of aryl methyl sites for hydroxylation is 1. The first kappa shape index (κ1) is 14.4. The zero-order valence-electron chi connectivity index (χ0n) is 10.6. The number of carboxylic acid groups (broad SMARTS) is 1. The molecular formula is C11H17N3O3S. The third-order valence-corrected chi connectivity index (χ3v) is 3.67. The summed E-state index contributed by atoms with van der Waals surface area (Å²) in [6, 6.07) is -0.641. The third-order valence-electron chi connectivity index (χ3n) is 2.35. The van der Waals surface area contributed by atoms with Crippen molar-refractivity contribution in [3.63, 3.8) is 0 Å². The molecule has 0 radical (unpaired) electrons. The van der Waals surface area contributed by atoms with Crippen LogP contribution in [0.4, 0.5) is 4.79 Å². The molecule has 7 heteroatoms. The quantitative estimate of drug-likeness (QED) is 0.850. The van der Waals surface area contributed by atoms with E-state index in [4.69, 9.17) is 5.11 Å². The van der Waals surface area contributed by atoms with Crippen LogP contribution in [0.5, 0.6) is 0 Å². The molecule has 0 aromatic carbocycles. The van der Waals surface area contributed by atoms with Crippen LogP contribution in [0.2, 0.25) is 0 Å². The van der Waals surface area contributed by atoms with Gasteiger partial charge in [-0.15, -0.1) is 11.3 Å². The summed E-state index contributed by atoms with van der Waals surface area (Å²) in [5, 5.41) is 12.1. The molecule has 0 saturated heterocycles. The van der Waals surface area contributed by atoms with E-state index < -0.39 is 12.0 Å². The molecule has 1 atom stereocenters. The van der Waals surface area contributed by atoms with E-state index >= 15 is 0 Å². The Labute approximate surface area is 110 Å². The van der Waals surface area contributed by atoms with Crippen LogP contribution in [0.1, 0.15) is 29.8 Å². The zero-order valence-corrected chi connectivity index (χ0v) is 11.5. The van der Waals surface area contributed by atoms with Crippen molar-refractivity contribution in [1.82, 2.24) is 15.2 Å². The number of urea groups is 1. The standard InChI is InChI=1S/C11H17N3O3S/c1-4-8-5-12-10(18-8)7(2)13-11(17)14(3)6-9(15)16/h5,7H,4,6H2,1-3H3,(H,13,17)(H,15,16). The van der Waals surface area contributed by atoms with Gasteiger partial charge < -0.3 is 15.3 Å². The first-order chi connectivity index (χ1) is 8.43. The van der Waals surface area contributed by atoms with Crippen molar-refractivity contribution in [3.8, 4) is 0 Å². The fourth-order valence-electron chi connectivity index (χ4n) is 1.32. The molecule has 100 valence electrons. The summed E-state index contributed by atoms with van der Waals surface area (Å²) in [6.45, 7) is 3.54. The van der Waals surface area contributed by atoms with Gasteiger partial charge in [-0.2, -0.15) is 0 Å². The van der Waals surface area contributed by atoms with Gasteiger partial charge >= 0.3 is 12.0 Å². The zero-order chi connectivity index (χ0) is 13.7. The Morgan fingerprint density at radius 1 is 1.61 bits per heavy atom. The number of aliphatic carboxylic acids is 1. The summed E-state index contributed by atoms with van der Waals surface area (Å²) in [5.74, 6) is -1.04. The van der Waals surface area contributed by atoms with Crippen LogP contribution in [0.25, 0.3) is 0 Å². The van der Waals surface area contributed by atoms with Crippen LogP contribution in [0.15, 0.2) is 6.20 Å². The van der Waals surface area contributed by atoms with Crippen molar-refractivity contribution < 1.29 is 14.7 Å². The number of thiazole rings is 1. The second kappa shape index (κ2) is 6.34. The van der Waals surface area contributed by atoms with E-state index in [1.807, 2.05) is 13.8 Å². The predicted molar refractivity (Wildman–Crippen MR) is 68.7 cm³/mol. The SMILES string of the molecule is CCc1cnc(C(C)NC(=O)N(C)CC(=O)O)s1. The monoisotopic (exact) mass is 271 g/mol. The van der Waals surface area contributed by atoms with Crippen molar-refractivity contribution in [1.29, 1.82) is 0 Å². The summed E-state index contributed by atoms with van der Waals surface area (Å²) >= 11 is 1.55. The predicted octanol–water partition coefficient (Wildman–Crippen LogP) is 1.49. The molecule has 1 unspecified atom stereocenters. The Hall–Kier alpha value is -1.63. The van der Waals surface area contributed by atoms with E-state index in [1.54, 1.807) is 17.5 Å². The summed E-state index contributed by atoms with van der Waals surface area (Å²) < 4.78 is 0. The lowest BCUT2D eigenvalue weighted by molar-refractivity contribution is -0.137. The van der Waals surface area contributed by atoms with Crippen molar-refractivity contribution >= 4 is 23.3 Å². The molecule has 0 bridgehead atoms. The van der Waals surface area contributed by atoms with E-state index in [2.05, 4.69) is 10.3 Å². The van der Waals surface area contributed by atoms with E-state index in [9.17, 15) is 9.59 Å². The van der Waals surface area contributed by atoms with Crippen LogP contribution < -0.4 is 5.32 Å². The molecule has 2 amide bonds. The van der Waals surface area contributed by atoms with Gasteiger partial charge in [0, 0.05) is 18.1 Å². The Kier molecular flexibility index (Phi) is 5.08. The highest BCUT2D eigenvalue weighted by Crippen LogP contribution is 2.20. The largest absolute Gasteiger partial charge is 0.480 e. The van der Waals surface area contributed by atoms with E-state index in [-0.39, 0.29) is 12.6 Å². The van der Waals surface area contributed by atoms with E-state index in [0.717, 1.165) is 21.2 Å². The van der Waals surface area contributed by atoms with Gasteiger partial charge in [0.15, 0.2) is 0 Å². The Balaban J connectivity index is 2.56. The van der Waals surface area contributed by atoms with Crippen molar-refractivity contribution in [2.75, 3.05) is 13.6 Å². The fourth-order valence-corrected chi connectivity index (χ4v) is 2.18. The number of nitrogens with zero attached hydrogens (tertiary/aromatic N) is 2. The minimum Gasteiger partial charge on any atom is -0.480 e. The number of hydrogen-bond donors (Lipinski definition) is 2. The molecular weight excluding hydrogens is 254 g/mol. The van der Waals surface area contributed by atoms with Gasteiger partial charge in [0.2, 0.25) is 0 Å². The second-order valence-electron chi connectivity index (χ2n) is 3.94. The summed E-state index contributed by atoms with van der Waals surface area (Å²) in [4.78, 5) is 28.7. The summed E-state index contributed by atoms with van der Waals surface area (Å²) in [6.07, 6.45) is 2.71. The molecule has 2 N–H and O–H groups in total. The first-order valence-corrected chi connectivity index (χ1v) is 6.43. The van der Waals surface area contributed by atoms with Crippen LogP contribution in [0, 0.1) is 0 Å². The molecule has 0 fully saturated rings. The molecule has 0 saturated carbocycles. The van der Waals surface area contributed by atoms with Crippen LogP contribution in [-0.4, -0.2) is 40.6 Å². The second-order valence-corrected chi connectivity index (χ2v) is 5.09. The number of carbonyl (C=O) groups is 2. The molecule has 0 aliphatic rings. The van der Waals surface area contributed by atoms with Gasteiger partial charge in [-0.25, -0.2) is 9.78 Å². The summed E-state index contributed by atoms with van der Waals surface area (Å²) in [7, 11) is 1.44. The highest BCUT2D eigenvalue weighted by Gasteiger charge is 2.17. The molecule has 6 nitrogen and oxygen atoms in total. The number of rotatable bonds is 5. The highest BCUT2D eigenvalue weighted by atomic mass is 32.1. The highest BCUT2D eigenvalue weighted by molar-refractivity contribution is 7.11. The minimum atomic E-state index is -1.04. The average Bonchev–Trinajstić information content (AvgIpc) is 2.76. The smallest absolute Gasteiger partial charge is 0.323 e. The number of likely N-dealkylation sites (N-methyl/N-ethyl adjacent to an activating group) is 1.